The van der Waals surface area contributed by atoms with E-state index in [4.69, 9.17) is 16.3 Å². The Hall–Kier alpha value is -2.12. The number of rotatable bonds is 6. The molecule has 2 aromatic rings. The summed E-state index contributed by atoms with van der Waals surface area (Å²) in [6, 6.07) is 9.37. The lowest BCUT2D eigenvalue weighted by molar-refractivity contribution is -0.385. The molecule has 1 aromatic heterocycles. The van der Waals surface area contributed by atoms with Crippen LogP contribution in [-0.2, 0) is 4.74 Å². The van der Waals surface area contributed by atoms with Gasteiger partial charge >= 0.3 is 5.97 Å². The van der Waals surface area contributed by atoms with E-state index in [0.29, 0.717) is 21.4 Å². The number of aromatic nitrogens is 1. The number of thioether (sulfide) groups is 1. The van der Waals surface area contributed by atoms with Crippen LogP contribution in [0.15, 0.2) is 47.6 Å². The molecular formula is C14H11ClN2O4S. The van der Waals surface area contributed by atoms with Crippen molar-refractivity contribution < 1.29 is 14.5 Å². The van der Waals surface area contributed by atoms with Gasteiger partial charge in [0.15, 0.2) is 0 Å². The van der Waals surface area contributed by atoms with E-state index in [1.54, 1.807) is 30.3 Å². The Kier molecular flexibility index (Phi) is 5.74. The fourth-order valence-corrected chi connectivity index (χ4v) is 2.31. The van der Waals surface area contributed by atoms with Gasteiger partial charge in [0.05, 0.1) is 15.5 Å². The van der Waals surface area contributed by atoms with E-state index in [2.05, 4.69) is 4.98 Å². The Bertz CT molecular complexity index is 662. The second-order valence-electron chi connectivity index (χ2n) is 4.10. The Labute approximate surface area is 135 Å². The van der Waals surface area contributed by atoms with E-state index >= 15 is 0 Å². The van der Waals surface area contributed by atoms with Crippen molar-refractivity contribution in [3.63, 3.8) is 0 Å². The third-order valence-electron chi connectivity index (χ3n) is 2.58. The van der Waals surface area contributed by atoms with Gasteiger partial charge in [-0.05, 0) is 30.3 Å². The number of ether oxygens (including phenoxy) is 1. The van der Waals surface area contributed by atoms with Crippen molar-refractivity contribution in [2.45, 2.75) is 5.03 Å². The summed E-state index contributed by atoms with van der Waals surface area (Å²) >= 11 is 7.09. The lowest BCUT2D eigenvalue weighted by Crippen LogP contribution is -2.07. The minimum atomic E-state index is -0.505. The molecule has 114 valence electrons. The first-order chi connectivity index (χ1) is 10.6. The molecule has 0 spiro atoms. The van der Waals surface area contributed by atoms with Gasteiger partial charge in [0.1, 0.15) is 12.8 Å². The van der Waals surface area contributed by atoms with Crippen LogP contribution < -0.4 is 0 Å². The van der Waals surface area contributed by atoms with Crippen LogP contribution in [0.1, 0.15) is 10.4 Å². The van der Waals surface area contributed by atoms with Crippen LogP contribution in [0.3, 0.4) is 0 Å². The standard InChI is InChI=1S/C14H11ClN2O4S/c15-11-3-1-10(2-4-11)14(18)21-7-8-22-13-6-5-12(9-16-13)17(19)20/h1-6,9H,7-8H2. The van der Waals surface area contributed by atoms with Crippen LogP contribution in [-0.4, -0.2) is 28.2 Å². The van der Waals surface area contributed by atoms with E-state index in [1.807, 2.05) is 0 Å². The maximum absolute atomic E-state index is 11.7. The van der Waals surface area contributed by atoms with Crippen LogP contribution in [0.5, 0.6) is 0 Å². The molecule has 6 nitrogen and oxygen atoms in total. The Morgan fingerprint density at radius 3 is 2.59 bits per heavy atom. The summed E-state index contributed by atoms with van der Waals surface area (Å²) in [6.07, 6.45) is 1.20. The van der Waals surface area contributed by atoms with Gasteiger partial charge in [-0.1, -0.05) is 11.6 Å². The maximum atomic E-state index is 11.7. The number of hydrogen-bond donors (Lipinski definition) is 0. The van der Waals surface area contributed by atoms with Gasteiger partial charge in [0.2, 0.25) is 0 Å². The molecule has 0 atom stereocenters. The van der Waals surface area contributed by atoms with Gasteiger partial charge in [-0.25, -0.2) is 9.78 Å². The largest absolute Gasteiger partial charge is 0.461 e. The zero-order valence-corrected chi connectivity index (χ0v) is 12.8. The van der Waals surface area contributed by atoms with Crippen LogP contribution in [0.25, 0.3) is 0 Å². The quantitative estimate of drug-likeness (QED) is 0.263. The van der Waals surface area contributed by atoms with Gasteiger partial charge in [0.25, 0.3) is 5.69 Å². The molecule has 22 heavy (non-hydrogen) atoms. The molecule has 0 N–H and O–H groups in total. The molecule has 0 aliphatic carbocycles. The third kappa shape index (κ3) is 4.71. The molecule has 8 heteroatoms. The monoisotopic (exact) mass is 338 g/mol. The molecule has 1 heterocycles. The highest BCUT2D eigenvalue weighted by Gasteiger charge is 2.08. The molecule has 0 bridgehead atoms. The molecule has 0 aliphatic rings. The van der Waals surface area contributed by atoms with Crippen LogP contribution in [0, 0.1) is 10.1 Å². The fourth-order valence-electron chi connectivity index (χ4n) is 1.52. The van der Waals surface area contributed by atoms with Gasteiger partial charge < -0.3 is 4.74 Å². The zero-order chi connectivity index (χ0) is 15.9. The Morgan fingerprint density at radius 1 is 1.27 bits per heavy atom. The molecule has 0 saturated carbocycles. The number of carbonyl (C=O) groups excluding carboxylic acids is 1. The van der Waals surface area contributed by atoms with Gasteiger partial charge in [0, 0.05) is 16.8 Å². The number of esters is 1. The average molecular weight is 339 g/mol. The molecular weight excluding hydrogens is 328 g/mol. The highest BCUT2D eigenvalue weighted by molar-refractivity contribution is 7.99. The minimum absolute atomic E-state index is 0.0569. The van der Waals surface area contributed by atoms with Crippen molar-refractivity contribution in [3.8, 4) is 0 Å². The zero-order valence-electron chi connectivity index (χ0n) is 11.3. The molecule has 0 saturated heterocycles. The highest BCUT2D eigenvalue weighted by atomic mass is 35.5. The SMILES string of the molecule is O=C(OCCSc1ccc([N+](=O)[O-])cn1)c1ccc(Cl)cc1. The Morgan fingerprint density at radius 2 is 2.00 bits per heavy atom. The van der Waals surface area contributed by atoms with Gasteiger partial charge in [-0.3, -0.25) is 10.1 Å². The predicted molar refractivity (Wildman–Crippen MR) is 83.3 cm³/mol. The van der Waals surface area contributed by atoms with Crippen molar-refractivity contribution in [2.24, 2.45) is 0 Å². The summed E-state index contributed by atoms with van der Waals surface area (Å²) in [5, 5.41) is 11.7. The normalized spacial score (nSPS) is 10.2. The van der Waals surface area contributed by atoms with Gasteiger partial charge in [-0.2, -0.15) is 0 Å². The predicted octanol–water partition coefficient (Wildman–Crippen LogP) is 3.59. The topological polar surface area (TPSA) is 82.3 Å². The molecule has 0 radical (unpaired) electrons. The third-order valence-corrected chi connectivity index (χ3v) is 3.74. The number of carbonyl (C=O) groups is 1. The van der Waals surface area contributed by atoms with Crippen LogP contribution >= 0.6 is 23.4 Å². The second kappa shape index (κ2) is 7.77. The van der Waals surface area contributed by atoms with Crippen LogP contribution in [0.2, 0.25) is 5.02 Å². The Balaban J connectivity index is 1.75. The number of pyridine rings is 1. The van der Waals surface area contributed by atoms with Crippen molar-refractivity contribution in [1.29, 1.82) is 0 Å². The summed E-state index contributed by atoms with van der Waals surface area (Å²) in [5.41, 5.74) is 0.376. The van der Waals surface area contributed by atoms with Crippen LogP contribution in [0.4, 0.5) is 5.69 Å². The molecule has 0 amide bonds. The maximum Gasteiger partial charge on any atom is 0.338 e. The lowest BCUT2D eigenvalue weighted by atomic mass is 10.2. The van der Waals surface area contributed by atoms with Gasteiger partial charge in [-0.15, -0.1) is 11.8 Å². The van der Waals surface area contributed by atoms with Crippen molar-refractivity contribution in [1.82, 2.24) is 4.98 Å². The molecule has 1 aromatic carbocycles. The van der Waals surface area contributed by atoms with Crippen molar-refractivity contribution >= 4 is 35.0 Å². The smallest absolute Gasteiger partial charge is 0.338 e. The summed E-state index contributed by atoms with van der Waals surface area (Å²) < 4.78 is 5.11. The lowest BCUT2D eigenvalue weighted by Gasteiger charge is -2.04. The highest BCUT2D eigenvalue weighted by Crippen LogP contribution is 2.18. The minimum Gasteiger partial charge on any atom is -0.461 e. The number of halogens is 1. The first-order valence-electron chi connectivity index (χ1n) is 6.22. The number of nitrogens with zero attached hydrogens (tertiary/aromatic N) is 2. The first-order valence-corrected chi connectivity index (χ1v) is 7.58. The average Bonchev–Trinajstić information content (AvgIpc) is 2.52. The van der Waals surface area contributed by atoms with E-state index in [-0.39, 0.29) is 12.3 Å². The van der Waals surface area contributed by atoms with E-state index < -0.39 is 10.9 Å². The fraction of sp³-hybridized carbons (Fsp3) is 0.143. The first kappa shape index (κ1) is 16.3. The summed E-state index contributed by atoms with van der Waals surface area (Å²) in [7, 11) is 0. The molecule has 2 rings (SSSR count). The van der Waals surface area contributed by atoms with E-state index in [1.165, 1.54) is 24.0 Å². The number of nitro groups is 1. The number of hydrogen-bond acceptors (Lipinski definition) is 6. The summed E-state index contributed by atoms with van der Waals surface area (Å²) in [6.45, 7) is 0.213. The molecule has 0 unspecified atom stereocenters. The molecule has 0 fully saturated rings. The van der Waals surface area contributed by atoms with E-state index in [9.17, 15) is 14.9 Å². The van der Waals surface area contributed by atoms with Crippen molar-refractivity contribution in [3.05, 3.63) is 63.3 Å². The van der Waals surface area contributed by atoms with E-state index in [0.717, 1.165) is 0 Å². The van der Waals surface area contributed by atoms with Crippen molar-refractivity contribution in [2.75, 3.05) is 12.4 Å². The summed E-state index contributed by atoms with van der Waals surface area (Å²) in [4.78, 5) is 25.7. The summed E-state index contributed by atoms with van der Waals surface area (Å²) in [5.74, 6) is 0.0818. The molecule has 0 aliphatic heterocycles. The number of benzene rings is 1. The second-order valence-corrected chi connectivity index (χ2v) is 5.65.